The first-order chi connectivity index (χ1) is 14.3. The predicted molar refractivity (Wildman–Crippen MR) is 116 cm³/mol. The van der Waals surface area contributed by atoms with Crippen LogP contribution in [0, 0.1) is 19.8 Å². The smallest absolute Gasteiger partial charge is 0.243 e. The molecule has 2 aromatic carbocycles. The van der Waals surface area contributed by atoms with Crippen molar-refractivity contribution in [3.63, 3.8) is 0 Å². The minimum atomic E-state index is -3.67. The van der Waals surface area contributed by atoms with Crippen LogP contribution in [0.3, 0.4) is 0 Å². The van der Waals surface area contributed by atoms with Crippen molar-refractivity contribution in [2.24, 2.45) is 5.92 Å². The zero-order chi connectivity index (χ0) is 21.9. The van der Waals surface area contributed by atoms with Crippen molar-refractivity contribution in [1.82, 2.24) is 4.31 Å². The third kappa shape index (κ3) is 4.60. The number of carbonyl (C=O) groups excluding carboxylic acids is 1. The van der Waals surface area contributed by atoms with Crippen LogP contribution in [0.2, 0.25) is 0 Å². The van der Waals surface area contributed by atoms with Gasteiger partial charge in [0.05, 0.1) is 19.1 Å². The minimum Gasteiger partial charge on any atom is -0.493 e. The van der Waals surface area contributed by atoms with Gasteiger partial charge in [-0.1, -0.05) is 17.7 Å². The summed E-state index contributed by atoms with van der Waals surface area (Å²) in [4.78, 5) is 12.8. The van der Waals surface area contributed by atoms with E-state index in [1.807, 2.05) is 32.0 Å². The molecule has 1 fully saturated rings. The molecule has 0 aromatic heterocycles. The summed E-state index contributed by atoms with van der Waals surface area (Å²) in [6, 6.07) is 10.4. The molecule has 2 aromatic rings. The number of piperidine rings is 1. The SMILES string of the molecule is COc1ccc(S(=O)(=O)N2CCC(C(=O)Nc3ccc(C)cc3C)CC2)cc1OC. The lowest BCUT2D eigenvalue weighted by Crippen LogP contribution is -2.41. The predicted octanol–water partition coefficient (Wildman–Crippen LogP) is 3.36. The lowest BCUT2D eigenvalue weighted by Gasteiger charge is -2.30. The number of hydrogen-bond acceptors (Lipinski definition) is 5. The summed E-state index contributed by atoms with van der Waals surface area (Å²) in [7, 11) is -0.707. The Balaban J connectivity index is 1.66. The first-order valence-electron chi connectivity index (χ1n) is 9.86. The summed E-state index contributed by atoms with van der Waals surface area (Å²) >= 11 is 0. The van der Waals surface area contributed by atoms with Crippen molar-refractivity contribution in [3.05, 3.63) is 47.5 Å². The number of hydrogen-bond donors (Lipinski definition) is 1. The first kappa shape index (κ1) is 22.1. The fraction of sp³-hybridized carbons (Fsp3) is 0.409. The average molecular weight is 433 g/mol. The molecule has 7 nitrogen and oxygen atoms in total. The van der Waals surface area contributed by atoms with Gasteiger partial charge in [-0.25, -0.2) is 8.42 Å². The van der Waals surface area contributed by atoms with Gasteiger partial charge in [0.25, 0.3) is 0 Å². The maximum atomic E-state index is 13.0. The molecule has 0 spiro atoms. The molecule has 1 heterocycles. The molecule has 0 atom stereocenters. The molecule has 0 saturated carbocycles. The topological polar surface area (TPSA) is 84.9 Å². The van der Waals surface area contributed by atoms with Crippen LogP contribution in [0.4, 0.5) is 5.69 Å². The van der Waals surface area contributed by atoms with Crippen LogP contribution >= 0.6 is 0 Å². The van der Waals surface area contributed by atoms with Gasteiger partial charge in [-0.2, -0.15) is 4.31 Å². The summed E-state index contributed by atoms with van der Waals surface area (Å²) in [5.41, 5.74) is 2.95. The molecular formula is C22H28N2O5S. The lowest BCUT2D eigenvalue weighted by atomic mass is 9.97. The Kier molecular flexibility index (Phi) is 6.67. The number of sulfonamides is 1. The van der Waals surface area contributed by atoms with Gasteiger partial charge in [0.1, 0.15) is 0 Å². The second-order valence-electron chi connectivity index (χ2n) is 7.50. The Labute approximate surface area is 178 Å². The molecule has 1 saturated heterocycles. The Morgan fingerprint density at radius 3 is 2.27 bits per heavy atom. The summed E-state index contributed by atoms with van der Waals surface area (Å²) < 4.78 is 37.9. The minimum absolute atomic E-state index is 0.0647. The number of carbonyl (C=O) groups is 1. The molecule has 0 unspecified atom stereocenters. The largest absolute Gasteiger partial charge is 0.493 e. The van der Waals surface area contributed by atoms with E-state index in [0.29, 0.717) is 37.4 Å². The number of anilines is 1. The van der Waals surface area contributed by atoms with Crippen LogP contribution in [0.25, 0.3) is 0 Å². The third-order valence-electron chi connectivity index (χ3n) is 5.46. The van der Waals surface area contributed by atoms with Gasteiger partial charge < -0.3 is 14.8 Å². The summed E-state index contributed by atoms with van der Waals surface area (Å²) in [6.45, 7) is 4.55. The number of nitrogens with one attached hydrogen (secondary N) is 1. The number of methoxy groups -OCH3 is 2. The van der Waals surface area contributed by atoms with Crippen molar-refractivity contribution < 1.29 is 22.7 Å². The fourth-order valence-electron chi connectivity index (χ4n) is 3.67. The van der Waals surface area contributed by atoms with Gasteiger partial charge in [0, 0.05) is 30.8 Å². The summed E-state index contributed by atoms with van der Waals surface area (Å²) in [6.07, 6.45) is 0.951. The number of rotatable bonds is 6. The van der Waals surface area contributed by atoms with Gasteiger partial charge in [0.2, 0.25) is 15.9 Å². The van der Waals surface area contributed by atoms with E-state index in [4.69, 9.17) is 9.47 Å². The second kappa shape index (κ2) is 9.06. The first-order valence-corrected chi connectivity index (χ1v) is 11.3. The number of aryl methyl sites for hydroxylation is 2. The van der Waals surface area contributed by atoms with Crippen molar-refractivity contribution in [2.75, 3.05) is 32.6 Å². The van der Waals surface area contributed by atoms with Crippen LogP contribution in [0.1, 0.15) is 24.0 Å². The van der Waals surface area contributed by atoms with Crippen molar-refractivity contribution in [2.45, 2.75) is 31.6 Å². The molecule has 0 bridgehead atoms. The van der Waals surface area contributed by atoms with Gasteiger partial charge in [-0.15, -0.1) is 0 Å². The van der Waals surface area contributed by atoms with Crippen LogP contribution in [0.15, 0.2) is 41.3 Å². The molecule has 1 aliphatic heterocycles. The van der Waals surface area contributed by atoms with Gasteiger partial charge >= 0.3 is 0 Å². The lowest BCUT2D eigenvalue weighted by molar-refractivity contribution is -0.120. The molecule has 30 heavy (non-hydrogen) atoms. The highest BCUT2D eigenvalue weighted by Crippen LogP contribution is 2.32. The quantitative estimate of drug-likeness (QED) is 0.757. The average Bonchev–Trinajstić information content (AvgIpc) is 2.75. The zero-order valence-electron chi connectivity index (χ0n) is 17.8. The Morgan fingerprint density at radius 1 is 1.00 bits per heavy atom. The van der Waals surface area contributed by atoms with E-state index in [-0.39, 0.29) is 16.7 Å². The third-order valence-corrected chi connectivity index (χ3v) is 7.35. The zero-order valence-corrected chi connectivity index (χ0v) is 18.6. The van der Waals surface area contributed by atoms with Gasteiger partial charge in [-0.05, 0) is 50.5 Å². The Hall–Kier alpha value is -2.58. The highest BCUT2D eigenvalue weighted by atomic mass is 32.2. The van der Waals surface area contributed by atoms with Crippen LogP contribution in [-0.2, 0) is 14.8 Å². The van der Waals surface area contributed by atoms with Crippen molar-refractivity contribution in [3.8, 4) is 11.5 Å². The van der Waals surface area contributed by atoms with Crippen LogP contribution < -0.4 is 14.8 Å². The molecule has 3 rings (SSSR count). The fourth-order valence-corrected chi connectivity index (χ4v) is 5.16. The normalized spacial score (nSPS) is 15.6. The Bertz CT molecular complexity index is 1030. The maximum Gasteiger partial charge on any atom is 0.243 e. The molecule has 1 aliphatic rings. The molecule has 8 heteroatoms. The molecular weight excluding hydrogens is 404 g/mol. The standard InChI is InChI=1S/C22H28N2O5S/c1-15-5-7-19(16(2)13-15)23-22(25)17-9-11-24(12-10-17)30(26,27)18-6-8-20(28-3)21(14-18)29-4/h5-8,13-14,17H,9-12H2,1-4H3,(H,23,25). The molecule has 0 aliphatic carbocycles. The molecule has 1 N–H and O–H groups in total. The monoisotopic (exact) mass is 432 g/mol. The summed E-state index contributed by atoms with van der Waals surface area (Å²) in [5.74, 6) is 0.548. The van der Waals surface area contributed by atoms with E-state index in [9.17, 15) is 13.2 Å². The summed E-state index contributed by atoms with van der Waals surface area (Å²) in [5, 5.41) is 2.98. The van der Waals surface area contributed by atoms with Crippen molar-refractivity contribution >= 4 is 21.6 Å². The highest BCUT2D eigenvalue weighted by Gasteiger charge is 2.32. The number of benzene rings is 2. The van der Waals surface area contributed by atoms with Crippen LogP contribution in [-0.4, -0.2) is 45.9 Å². The number of ether oxygens (including phenoxy) is 2. The van der Waals surface area contributed by atoms with E-state index < -0.39 is 10.0 Å². The van der Waals surface area contributed by atoms with E-state index >= 15 is 0 Å². The van der Waals surface area contributed by atoms with E-state index in [1.165, 1.54) is 30.7 Å². The molecule has 0 radical (unpaired) electrons. The van der Waals surface area contributed by atoms with Gasteiger partial charge in [-0.3, -0.25) is 4.79 Å². The van der Waals surface area contributed by atoms with E-state index in [2.05, 4.69) is 5.32 Å². The maximum absolute atomic E-state index is 13.0. The number of nitrogens with zero attached hydrogens (tertiary/aromatic N) is 1. The second-order valence-corrected chi connectivity index (χ2v) is 9.44. The van der Waals surface area contributed by atoms with Crippen LogP contribution in [0.5, 0.6) is 11.5 Å². The Morgan fingerprint density at radius 2 is 1.67 bits per heavy atom. The van der Waals surface area contributed by atoms with Gasteiger partial charge in [0.15, 0.2) is 11.5 Å². The van der Waals surface area contributed by atoms with E-state index in [1.54, 1.807) is 6.07 Å². The van der Waals surface area contributed by atoms with E-state index in [0.717, 1.165) is 16.8 Å². The van der Waals surface area contributed by atoms with Crippen molar-refractivity contribution in [1.29, 1.82) is 0 Å². The number of amides is 1. The highest BCUT2D eigenvalue weighted by molar-refractivity contribution is 7.89. The molecule has 162 valence electrons. The molecule has 1 amide bonds.